The number of hydrogen-bond donors (Lipinski definition) is 0. The van der Waals surface area contributed by atoms with Crippen LogP contribution in [0.15, 0.2) is 66.9 Å². The van der Waals surface area contributed by atoms with Crippen molar-refractivity contribution >= 4 is 33.8 Å². The number of fused-ring (bicyclic) bond motifs is 3. The summed E-state index contributed by atoms with van der Waals surface area (Å²) in [6.45, 7) is 0. The first-order chi connectivity index (χ1) is 26.0. The molecule has 186 valence electrons. The van der Waals surface area contributed by atoms with Crippen LogP contribution in [0.1, 0.15) is 114 Å². The van der Waals surface area contributed by atoms with Crippen LogP contribution >= 0.6 is 0 Å². The molecule has 0 saturated heterocycles. The van der Waals surface area contributed by atoms with Crippen LogP contribution in [0, 0.1) is 0 Å². The Morgan fingerprint density at radius 1 is 0.757 bits per heavy atom. The molecule has 0 N–H and O–H groups in total. The van der Waals surface area contributed by atoms with Gasteiger partial charge in [-0.15, -0.1) is 0 Å². The summed E-state index contributed by atoms with van der Waals surface area (Å²) in [7, 11) is 0. The maximum atomic E-state index is 10.1. The molecule has 4 heteroatoms. The summed E-state index contributed by atoms with van der Waals surface area (Å²) in [5.41, 5.74) is -2.55. The van der Waals surface area contributed by atoms with Crippen LogP contribution in [0.3, 0.4) is 0 Å². The fourth-order valence-electron chi connectivity index (χ4n) is 4.81. The summed E-state index contributed by atoms with van der Waals surface area (Å²) >= 11 is -0.235. The van der Waals surface area contributed by atoms with Gasteiger partial charge in [-0.2, -0.15) is 0 Å². The van der Waals surface area contributed by atoms with E-state index in [0.29, 0.717) is 10.9 Å². The van der Waals surface area contributed by atoms with Crippen LogP contribution in [0.5, 0.6) is 0 Å². The first-order valence-electron chi connectivity index (χ1n) is 21.7. The van der Waals surface area contributed by atoms with Gasteiger partial charge in [0.2, 0.25) is 0 Å². The Labute approximate surface area is 253 Å². The second kappa shape index (κ2) is 10.2. The van der Waals surface area contributed by atoms with Crippen molar-refractivity contribution < 1.29 is 27.4 Å². The third kappa shape index (κ3) is 4.25. The molecule has 0 amide bonds. The van der Waals surface area contributed by atoms with Crippen molar-refractivity contribution in [2.75, 3.05) is 0 Å². The number of hydrogen-bond acceptors (Lipinski definition) is 3. The van der Waals surface area contributed by atoms with Crippen LogP contribution < -0.4 is 0 Å². The van der Waals surface area contributed by atoms with Crippen molar-refractivity contribution in [3.05, 3.63) is 78.0 Å². The zero-order valence-electron chi connectivity index (χ0n) is 39.3. The van der Waals surface area contributed by atoms with E-state index in [2.05, 4.69) is 15.4 Å². The standard InChI is InChI=1S/C33H33N3Se/c1-3-10-22(11-4-1)24-18-19-26(25-15-9-17-30-32(25)27-14-7-8-16-29(27)37-30)33(28-20-21-34-36-35-28)31(24)23-12-5-2-6-13-23/h7-9,14-23H,1-6,10-13H2/i1D2,2D2,3D2,4D2,5D2,6D2,10D,11D2,12D,13D2,22D,23D. The van der Waals surface area contributed by atoms with Crippen LogP contribution in [0.25, 0.3) is 41.7 Å². The Morgan fingerprint density at radius 2 is 1.57 bits per heavy atom. The van der Waals surface area contributed by atoms with Gasteiger partial charge in [-0.05, 0) is 0 Å². The molecule has 3 nitrogen and oxygen atoms in total. The minimum absolute atomic E-state index is 0.0192. The molecule has 2 aromatic heterocycles. The minimum atomic E-state index is -3.99. The fourth-order valence-corrected chi connectivity index (χ4v) is 7.18. The Hall–Kier alpha value is -2.81. The summed E-state index contributed by atoms with van der Waals surface area (Å²) in [6, 6.07) is 16.0. The predicted octanol–water partition coefficient (Wildman–Crippen LogP) is 8.66. The van der Waals surface area contributed by atoms with Crippen LogP contribution in [0.2, 0.25) is 0 Å². The van der Waals surface area contributed by atoms with Gasteiger partial charge in [0.25, 0.3) is 0 Å². The molecule has 0 bridgehead atoms. The molecule has 2 aliphatic rings. The molecule has 4 atom stereocenters. The first kappa shape index (κ1) is 10.4. The Kier molecular flexibility index (Phi) is 2.85. The van der Waals surface area contributed by atoms with E-state index >= 15 is 0 Å². The molecule has 4 unspecified atom stereocenters. The van der Waals surface area contributed by atoms with Gasteiger partial charge in [-0.25, -0.2) is 0 Å². The van der Waals surface area contributed by atoms with E-state index in [9.17, 15) is 6.85 Å². The van der Waals surface area contributed by atoms with E-state index in [1.165, 1.54) is 12.1 Å². The molecule has 2 heterocycles. The van der Waals surface area contributed by atoms with E-state index in [0.717, 1.165) is 26.2 Å². The van der Waals surface area contributed by atoms with Crippen molar-refractivity contribution in [2.24, 2.45) is 0 Å². The topological polar surface area (TPSA) is 38.7 Å². The average molecular weight is 571 g/mol. The van der Waals surface area contributed by atoms with Gasteiger partial charge in [0.05, 0.1) is 0 Å². The molecular weight excluding hydrogens is 517 g/mol. The molecule has 7 rings (SSSR count). The van der Waals surface area contributed by atoms with E-state index in [-0.39, 0.29) is 25.8 Å². The molecule has 2 saturated carbocycles. The molecule has 5 aromatic rings. The van der Waals surface area contributed by atoms with Crippen molar-refractivity contribution in [3.8, 4) is 22.4 Å². The molecule has 0 spiro atoms. The van der Waals surface area contributed by atoms with Crippen molar-refractivity contribution in [1.82, 2.24) is 15.4 Å². The summed E-state index contributed by atoms with van der Waals surface area (Å²) in [4.78, 5) is 0. The van der Waals surface area contributed by atoms with Crippen LogP contribution in [-0.4, -0.2) is 29.9 Å². The van der Waals surface area contributed by atoms with Gasteiger partial charge in [-0.3, -0.25) is 0 Å². The predicted molar refractivity (Wildman–Crippen MR) is 154 cm³/mol. The van der Waals surface area contributed by atoms with Crippen molar-refractivity contribution in [3.63, 3.8) is 0 Å². The number of benzene rings is 3. The van der Waals surface area contributed by atoms with E-state index in [4.69, 9.17) is 20.6 Å². The van der Waals surface area contributed by atoms with Gasteiger partial charge < -0.3 is 0 Å². The molecule has 37 heavy (non-hydrogen) atoms. The third-order valence-corrected chi connectivity index (χ3v) is 8.70. The first-order valence-corrected chi connectivity index (χ1v) is 13.3. The summed E-state index contributed by atoms with van der Waals surface area (Å²) < 4.78 is 181. The molecule has 2 aliphatic carbocycles. The maximum absolute atomic E-state index is 10.1. The van der Waals surface area contributed by atoms with Crippen LogP contribution in [-0.2, 0) is 0 Å². The number of nitrogens with zero attached hydrogens (tertiary/aromatic N) is 3. The Morgan fingerprint density at radius 3 is 2.43 bits per heavy atom. The average Bonchev–Trinajstić information content (AvgIpc) is 3.54. The second-order valence-corrected chi connectivity index (χ2v) is 10.6. The number of aromatic nitrogens is 3. The fraction of sp³-hybridized carbons (Fsp3) is 0.364. The van der Waals surface area contributed by atoms with Gasteiger partial charge >= 0.3 is 253 Å². The van der Waals surface area contributed by atoms with Gasteiger partial charge in [0, 0.05) is 0 Å². The van der Waals surface area contributed by atoms with Gasteiger partial charge in [0.1, 0.15) is 0 Å². The third-order valence-electron chi connectivity index (χ3n) is 6.31. The summed E-state index contributed by atoms with van der Waals surface area (Å²) in [5.74, 6) is -7.43. The Bertz CT molecular complexity index is 2440. The SMILES string of the molecule is [2H]C1C([2H])([2H])C([2H])([2H])C([2H])([2H])C([2H])([2H])C1([2H])c1ccc(-c2cccc3[se]c4ccccc4c23)c(-c2ccnnn2)c1C1([2H])C([2H])C([2H])([2H])C([2H])([2H])C([2H])([2H])C1([2H])[2H]. The zero-order chi connectivity index (χ0) is 42.5. The molecule has 0 radical (unpaired) electrons. The Balaban J connectivity index is 1.77. The monoisotopic (exact) mass is 571 g/mol. The van der Waals surface area contributed by atoms with Gasteiger partial charge in [-0.1, -0.05) is 0 Å². The normalized spacial score (nSPS) is 47.2. The molecule has 0 aliphatic heterocycles. The zero-order valence-corrected chi connectivity index (χ0v) is 21.0. The molecule has 2 fully saturated rings. The van der Waals surface area contributed by atoms with E-state index in [1.807, 2.05) is 24.3 Å². The van der Waals surface area contributed by atoms with Crippen molar-refractivity contribution in [1.29, 1.82) is 0 Å². The molecule has 3 aromatic carbocycles. The van der Waals surface area contributed by atoms with Crippen LogP contribution in [0.4, 0.5) is 0 Å². The summed E-state index contributed by atoms with van der Waals surface area (Å²) in [5, 5.41) is 12.9. The second-order valence-electron chi connectivity index (χ2n) is 8.35. The number of rotatable bonds is 4. The van der Waals surface area contributed by atoms with Crippen molar-refractivity contribution in [2.45, 2.75) is 75.6 Å². The van der Waals surface area contributed by atoms with E-state index < -0.39 is 92.3 Å². The van der Waals surface area contributed by atoms with Gasteiger partial charge in [0.15, 0.2) is 0 Å². The van der Waals surface area contributed by atoms with E-state index in [1.54, 1.807) is 18.2 Å². The quantitative estimate of drug-likeness (QED) is 0.203. The molecular formula is C33H33N3Se. The summed E-state index contributed by atoms with van der Waals surface area (Å²) in [6.07, 6.45) is -35.6.